The molecule has 0 bridgehead atoms. The lowest BCUT2D eigenvalue weighted by molar-refractivity contribution is 0.426. The van der Waals surface area contributed by atoms with Crippen molar-refractivity contribution in [3.63, 3.8) is 0 Å². The van der Waals surface area contributed by atoms with E-state index in [9.17, 15) is 0 Å². The van der Waals surface area contributed by atoms with Gasteiger partial charge in [0.2, 0.25) is 0 Å². The number of hydrogen-bond acceptors (Lipinski definition) is 5. The lowest BCUT2D eigenvalue weighted by atomic mass is 9.80. The van der Waals surface area contributed by atoms with Crippen molar-refractivity contribution in [2.24, 2.45) is 10.2 Å². The second-order valence-corrected chi connectivity index (χ2v) is 3.38. The van der Waals surface area contributed by atoms with Gasteiger partial charge in [-0.05, 0) is 29.7 Å². The van der Waals surface area contributed by atoms with E-state index >= 15 is 0 Å². The zero-order chi connectivity index (χ0) is 12.1. The Labute approximate surface area is 98.6 Å². The molecule has 0 amide bonds. The Bertz CT molecular complexity index is 517. The fourth-order valence-corrected chi connectivity index (χ4v) is 1.28. The normalized spacial score (nSPS) is 10.7. The van der Waals surface area contributed by atoms with Crippen molar-refractivity contribution in [3.8, 4) is 0 Å². The molecule has 5 nitrogen and oxygen atoms in total. The van der Waals surface area contributed by atoms with Gasteiger partial charge in [-0.2, -0.15) is 5.11 Å². The minimum atomic E-state index is -1.50. The Balaban J connectivity index is 2.19. The highest BCUT2D eigenvalue weighted by Gasteiger charge is 2.10. The molecule has 6 heteroatoms. The highest BCUT2D eigenvalue weighted by molar-refractivity contribution is 6.58. The lowest BCUT2D eigenvalue weighted by Gasteiger charge is -1.99. The van der Waals surface area contributed by atoms with Crippen molar-refractivity contribution < 1.29 is 10.0 Å². The molecule has 1 heterocycles. The van der Waals surface area contributed by atoms with Crippen LogP contribution in [-0.4, -0.2) is 22.2 Å². The van der Waals surface area contributed by atoms with Crippen molar-refractivity contribution >= 4 is 24.0 Å². The number of azo groups is 1. The van der Waals surface area contributed by atoms with E-state index in [1.54, 1.807) is 48.8 Å². The summed E-state index contributed by atoms with van der Waals surface area (Å²) in [6.45, 7) is 0. The third kappa shape index (κ3) is 3.20. The quantitative estimate of drug-likeness (QED) is 0.610. The van der Waals surface area contributed by atoms with Crippen molar-refractivity contribution in [3.05, 3.63) is 48.8 Å². The molecule has 2 aromatic rings. The van der Waals surface area contributed by atoms with Gasteiger partial charge >= 0.3 is 7.12 Å². The van der Waals surface area contributed by atoms with Gasteiger partial charge in [0.05, 0.1) is 11.9 Å². The van der Waals surface area contributed by atoms with Crippen molar-refractivity contribution in [2.75, 3.05) is 0 Å². The van der Waals surface area contributed by atoms with Gasteiger partial charge in [0, 0.05) is 6.20 Å². The first-order chi connectivity index (χ1) is 8.25. The molecule has 0 atom stereocenters. The predicted octanol–water partition coefficient (Wildman–Crippen LogP) is 1.18. The van der Waals surface area contributed by atoms with E-state index in [-0.39, 0.29) is 0 Å². The summed E-state index contributed by atoms with van der Waals surface area (Å²) in [6.07, 6.45) is 3.25. The lowest BCUT2D eigenvalue weighted by Crippen LogP contribution is -2.29. The van der Waals surface area contributed by atoms with Crippen LogP contribution < -0.4 is 5.46 Å². The molecule has 0 spiro atoms. The standard InChI is InChI=1S/C11H10BN3O2/c16-12(17)9-3-1-4-10(7-9)14-15-11-5-2-6-13-8-11/h1-8,16-17H. The van der Waals surface area contributed by atoms with Gasteiger partial charge in [0.25, 0.3) is 0 Å². The molecular formula is C11H10BN3O2. The maximum atomic E-state index is 9.01. The topological polar surface area (TPSA) is 78.1 Å². The molecule has 1 aromatic carbocycles. The van der Waals surface area contributed by atoms with Gasteiger partial charge in [-0.3, -0.25) is 4.98 Å². The monoisotopic (exact) mass is 227 g/mol. The smallest absolute Gasteiger partial charge is 0.423 e. The molecule has 1 aromatic heterocycles. The Morgan fingerprint density at radius 1 is 1.00 bits per heavy atom. The fourth-order valence-electron chi connectivity index (χ4n) is 1.28. The van der Waals surface area contributed by atoms with Crippen LogP contribution in [0.1, 0.15) is 0 Å². The van der Waals surface area contributed by atoms with Crippen molar-refractivity contribution in [1.29, 1.82) is 0 Å². The number of hydrogen-bond donors (Lipinski definition) is 2. The first-order valence-electron chi connectivity index (χ1n) is 5.03. The Morgan fingerprint density at radius 2 is 1.76 bits per heavy atom. The van der Waals surface area contributed by atoms with Crippen LogP contribution in [0.3, 0.4) is 0 Å². The average Bonchev–Trinajstić information content (AvgIpc) is 2.38. The summed E-state index contributed by atoms with van der Waals surface area (Å²) >= 11 is 0. The third-order valence-electron chi connectivity index (χ3n) is 2.10. The summed E-state index contributed by atoms with van der Waals surface area (Å²) in [5.41, 5.74) is 1.58. The summed E-state index contributed by atoms with van der Waals surface area (Å²) in [5.74, 6) is 0. The number of nitrogens with zero attached hydrogens (tertiary/aromatic N) is 3. The second-order valence-electron chi connectivity index (χ2n) is 3.38. The predicted molar refractivity (Wildman–Crippen MR) is 64.7 cm³/mol. The van der Waals surface area contributed by atoms with Gasteiger partial charge in [-0.25, -0.2) is 0 Å². The van der Waals surface area contributed by atoms with Crippen LogP contribution >= 0.6 is 0 Å². The van der Waals surface area contributed by atoms with E-state index in [0.29, 0.717) is 16.8 Å². The van der Waals surface area contributed by atoms with Crippen LogP contribution in [0.15, 0.2) is 59.0 Å². The molecule has 0 aliphatic carbocycles. The van der Waals surface area contributed by atoms with Crippen LogP contribution in [0, 0.1) is 0 Å². The Hall–Kier alpha value is -2.05. The van der Waals surface area contributed by atoms with E-state index < -0.39 is 7.12 Å². The summed E-state index contributed by atoms with van der Waals surface area (Å²) in [7, 11) is -1.50. The van der Waals surface area contributed by atoms with Gasteiger partial charge in [0.1, 0.15) is 5.69 Å². The van der Waals surface area contributed by atoms with Crippen LogP contribution in [0.4, 0.5) is 11.4 Å². The molecule has 0 fully saturated rings. The highest BCUT2D eigenvalue weighted by Crippen LogP contribution is 2.15. The molecule has 17 heavy (non-hydrogen) atoms. The minimum absolute atomic E-state index is 0.382. The number of pyridine rings is 1. The van der Waals surface area contributed by atoms with Gasteiger partial charge < -0.3 is 10.0 Å². The zero-order valence-corrected chi connectivity index (χ0v) is 8.93. The molecule has 0 saturated heterocycles. The third-order valence-corrected chi connectivity index (χ3v) is 2.10. The van der Waals surface area contributed by atoms with Crippen LogP contribution in [0.25, 0.3) is 0 Å². The van der Waals surface area contributed by atoms with E-state index in [2.05, 4.69) is 15.2 Å². The van der Waals surface area contributed by atoms with E-state index in [1.165, 1.54) is 0 Å². The SMILES string of the molecule is OB(O)c1cccc(N=Nc2cccnc2)c1. The van der Waals surface area contributed by atoms with Crippen LogP contribution in [0.2, 0.25) is 0 Å². The first kappa shape index (κ1) is 11.4. The summed E-state index contributed by atoms with van der Waals surface area (Å²) in [4.78, 5) is 3.91. The fraction of sp³-hybridized carbons (Fsp3) is 0. The molecule has 0 aliphatic rings. The van der Waals surface area contributed by atoms with Crippen molar-refractivity contribution in [2.45, 2.75) is 0 Å². The maximum Gasteiger partial charge on any atom is 0.488 e. The van der Waals surface area contributed by atoms with Gasteiger partial charge in [0.15, 0.2) is 0 Å². The average molecular weight is 227 g/mol. The Morgan fingerprint density at radius 3 is 2.47 bits per heavy atom. The second kappa shape index (κ2) is 5.33. The largest absolute Gasteiger partial charge is 0.488 e. The molecule has 0 saturated carbocycles. The zero-order valence-electron chi connectivity index (χ0n) is 8.93. The number of aromatic nitrogens is 1. The van der Waals surface area contributed by atoms with E-state index in [0.717, 1.165) is 0 Å². The van der Waals surface area contributed by atoms with Crippen molar-refractivity contribution in [1.82, 2.24) is 4.98 Å². The molecular weight excluding hydrogens is 217 g/mol. The maximum absolute atomic E-state index is 9.01. The first-order valence-corrected chi connectivity index (χ1v) is 5.03. The van der Waals surface area contributed by atoms with Crippen LogP contribution in [0.5, 0.6) is 0 Å². The summed E-state index contributed by atoms with van der Waals surface area (Å²) in [5, 5.41) is 26.0. The Kier molecular flexibility index (Phi) is 3.59. The highest BCUT2D eigenvalue weighted by atomic mass is 16.4. The molecule has 2 rings (SSSR count). The van der Waals surface area contributed by atoms with Gasteiger partial charge in [-0.1, -0.05) is 12.1 Å². The molecule has 84 valence electrons. The van der Waals surface area contributed by atoms with Crippen LogP contribution in [-0.2, 0) is 0 Å². The molecule has 0 unspecified atom stereocenters. The number of rotatable bonds is 3. The van der Waals surface area contributed by atoms with Gasteiger partial charge in [-0.15, -0.1) is 5.11 Å². The number of benzene rings is 1. The molecule has 0 aliphatic heterocycles. The van der Waals surface area contributed by atoms with E-state index in [1.807, 2.05) is 0 Å². The minimum Gasteiger partial charge on any atom is -0.423 e. The molecule has 2 N–H and O–H groups in total. The van der Waals surface area contributed by atoms with E-state index in [4.69, 9.17) is 10.0 Å². The molecule has 0 radical (unpaired) electrons. The summed E-state index contributed by atoms with van der Waals surface area (Å²) in [6, 6.07) is 10.1. The summed E-state index contributed by atoms with van der Waals surface area (Å²) < 4.78 is 0.